The van der Waals surface area contributed by atoms with Gasteiger partial charge in [-0.25, -0.2) is 0 Å². The molecule has 0 aromatic rings. The molecule has 5 heteroatoms. The van der Waals surface area contributed by atoms with E-state index < -0.39 is 0 Å². The zero-order valence-electron chi connectivity index (χ0n) is 12.3. The first-order valence-corrected chi connectivity index (χ1v) is 6.49. The molecule has 1 atom stereocenters. The Morgan fingerprint density at radius 1 is 1.22 bits per heavy atom. The fraction of sp³-hybridized carbons (Fsp3) is 0.923. The average Bonchev–Trinajstić information content (AvgIpc) is 2.18. The maximum absolute atomic E-state index is 11.2. The smallest absolute Gasteiger partial charge is 0.234 e. The zero-order valence-corrected chi connectivity index (χ0v) is 12.3. The van der Waals surface area contributed by atoms with Crippen molar-refractivity contribution >= 4 is 5.91 Å². The summed E-state index contributed by atoms with van der Waals surface area (Å²) in [6, 6.07) is -0.0970. The van der Waals surface area contributed by atoms with Gasteiger partial charge in [-0.2, -0.15) is 0 Å². The van der Waals surface area contributed by atoms with E-state index in [1.807, 2.05) is 34.6 Å². The van der Waals surface area contributed by atoms with Gasteiger partial charge in [0.15, 0.2) is 0 Å². The van der Waals surface area contributed by atoms with Crippen molar-refractivity contribution in [3.05, 3.63) is 0 Å². The van der Waals surface area contributed by atoms with Gasteiger partial charge in [0.25, 0.3) is 0 Å². The molecule has 0 bridgehead atoms. The highest BCUT2D eigenvalue weighted by Gasteiger charge is 2.15. The highest BCUT2D eigenvalue weighted by molar-refractivity contribution is 5.79. The van der Waals surface area contributed by atoms with Crippen LogP contribution in [0.2, 0.25) is 0 Å². The summed E-state index contributed by atoms with van der Waals surface area (Å²) in [6.45, 7) is 11.6. The van der Waals surface area contributed by atoms with Crippen LogP contribution in [0.4, 0.5) is 0 Å². The summed E-state index contributed by atoms with van der Waals surface area (Å²) < 4.78 is 10.9. The largest absolute Gasteiger partial charge is 0.379 e. The van der Waals surface area contributed by atoms with Gasteiger partial charge < -0.3 is 20.5 Å². The summed E-state index contributed by atoms with van der Waals surface area (Å²) in [6.07, 6.45) is 0.586. The molecule has 3 N–H and O–H groups in total. The van der Waals surface area contributed by atoms with Gasteiger partial charge in [-0.05, 0) is 27.2 Å². The minimum absolute atomic E-state index is 0.141. The monoisotopic (exact) mass is 260 g/mol. The molecule has 0 rings (SSSR count). The maximum atomic E-state index is 11.2. The number of nitrogens with one attached hydrogen (secondary N) is 1. The van der Waals surface area contributed by atoms with Gasteiger partial charge in [-0.1, -0.05) is 13.8 Å². The standard InChI is InChI=1S/C13H28N2O3/c1-10(2)15-11(12(14)16)6-7-17-8-9-18-13(3,4)5/h10-11,15H,6-9H2,1-5H3,(H2,14,16). The van der Waals surface area contributed by atoms with Crippen LogP contribution < -0.4 is 11.1 Å². The lowest BCUT2D eigenvalue weighted by Gasteiger charge is -2.20. The highest BCUT2D eigenvalue weighted by Crippen LogP contribution is 2.05. The van der Waals surface area contributed by atoms with Gasteiger partial charge in [0.05, 0.1) is 24.9 Å². The lowest BCUT2D eigenvalue weighted by atomic mass is 10.2. The van der Waals surface area contributed by atoms with Crippen molar-refractivity contribution in [2.24, 2.45) is 5.73 Å². The van der Waals surface area contributed by atoms with E-state index in [0.717, 1.165) is 0 Å². The van der Waals surface area contributed by atoms with Crippen LogP contribution in [0.1, 0.15) is 41.0 Å². The number of carbonyl (C=O) groups excluding carboxylic acids is 1. The van der Waals surface area contributed by atoms with E-state index in [-0.39, 0.29) is 23.6 Å². The molecule has 0 radical (unpaired) electrons. The number of primary amides is 1. The fourth-order valence-corrected chi connectivity index (χ4v) is 1.42. The minimum atomic E-state index is -0.335. The Morgan fingerprint density at radius 2 is 1.83 bits per heavy atom. The number of carbonyl (C=O) groups is 1. The Kier molecular flexibility index (Phi) is 8.15. The second-order valence-electron chi connectivity index (χ2n) is 5.64. The lowest BCUT2D eigenvalue weighted by Crippen LogP contribution is -2.45. The van der Waals surface area contributed by atoms with Crippen LogP contribution in [0.15, 0.2) is 0 Å². The Morgan fingerprint density at radius 3 is 2.28 bits per heavy atom. The second-order valence-corrected chi connectivity index (χ2v) is 5.64. The average molecular weight is 260 g/mol. The predicted molar refractivity (Wildman–Crippen MR) is 72.4 cm³/mol. The third kappa shape index (κ3) is 10.5. The Hall–Kier alpha value is -0.650. The molecule has 0 fully saturated rings. The van der Waals surface area contributed by atoms with E-state index >= 15 is 0 Å². The van der Waals surface area contributed by atoms with Crippen molar-refractivity contribution < 1.29 is 14.3 Å². The quantitative estimate of drug-likeness (QED) is 0.608. The molecule has 0 aromatic carbocycles. The van der Waals surface area contributed by atoms with E-state index in [4.69, 9.17) is 15.2 Å². The number of ether oxygens (including phenoxy) is 2. The Labute approximate surface area is 110 Å². The summed E-state index contributed by atoms with van der Waals surface area (Å²) in [7, 11) is 0. The van der Waals surface area contributed by atoms with Crippen LogP contribution in [0.3, 0.4) is 0 Å². The number of amides is 1. The van der Waals surface area contributed by atoms with E-state index in [2.05, 4.69) is 5.32 Å². The molecule has 0 aliphatic carbocycles. The van der Waals surface area contributed by atoms with Gasteiger partial charge in [0.2, 0.25) is 5.91 Å². The van der Waals surface area contributed by atoms with Crippen molar-refractivity contribution in [1.29, 1.82) is 0 Å². The lowest BCUT2D eigenvalue weighted by molar-refractivity contribution is -0.120. The van der Waals surface area contributed by atoms with Crippen LogP contribution >= 0.6 is 0 Å². The first kappa shape index (κ1) is 17.4. The molecular weight excluding hydrogens is 232 g/mol. The summed E-state index contributed by atoms with van der Waals surface area (Å²) in [5, 5.41) is 3.11. The van der Waals surface area contributed by atoms with Gasteiger partial charge in [-0.3, -0.25) is 4.79 Å². The molecule has 108 valence electrons. The number of hydrogen-bond acceptors (Lipinski definition) is 4. The fourth-order valence-electron chi connectivity index (χ4n) is 1.42. The van der Waals surface area contributed by atoms with E-state index in [1.165, 1.54) is 0 Å². The van der Waals surface area contributed by atoms with Crippen LogP contribution in [0.5, 0.6) is 0 Å². The summed E-state index contributed by atoms with van der Waals surface area (Å²) in [5.41, 5.74) is 5.16. The topological polar surface area (TPSA) is 73.6 Å². The predicted octanol–water partition coefficient (Wildman–Crippen LogP) is 1.06. The van der Waals surface area contributed by atoms with Gasteiger partial charge in [0, 0.05) is 12.6 Å². The first-order chi connectivity index (χ1) is 8.22. The zero-order chi connectivity index (χ0) is 14.2. The Bertz CT molecular complexity index is 237. The van der Waals surface area contributed by atoms with Crippen molar-refractivity contribution in [1.82, 2.24) is 5.32 Å². The van der Waals surface area contributed by atoms with E-state index in [0.29, 0.717) is 26.2 Å². The number of hydrogen-bond donors (Lipinski definition) is 2. The van der Waals surface area contributed by atoms with Crippen molar-refractivity contribution in [2.75, 3.05) is 19.8 Å². The number of nitrogens with two attached hydrogens (primary N) is 1. The van der Waals surface area contributed by atoms with Gasteiger partial charge in [0.1, 0.15) is 0 Å². The Balaban J connectivity index is 3.65. The molecule has 0 heterocycles. The molecule has 0 aromatic heterocycles. The molecule has 0 saturated carbocycles. The SMILES string of the molecule is CC(C)NC(CCOCCOC(C)(C)C)C(N)=O. The van der Waals surface area contributed by atoms with E-state index in [1.54, 1.807) is 0 Å². The molecule has 0 saturated heterocycles. The number of rotatable bonds is 9. The summed E-state index contributed by atoms with van der Waals surface area (Å²) in [5.74, 6) is -0.335. The molecule has 0 spiro atoms. The molecule has 5 nitrogen and oxygen atoms in total. The molecule has 0 aliphatic rings. The van der Waals surface area contributed by atoms with Crippen LogP contribution in [-0.2, 0) is 14.3 Å². The molecule has 1 amide bonds. The van der Waals surface area contributed by atoms with Crippen LogP contribution in [-0.4, -0.2) is 43.4 Å². The third-order valence-electron chi connectivity index (χ3n) is 2.19. The van der Waals surface area contributed by atoms with Crippen molar-refractivity contribution in [3.8, 4) is 0 Å². The molecule has 0 aliphatic heterocycles. The van der Waals surface area contributed by atoms with Crippen molar-refractivity contribution in [2.45, 2.75) is 58.7 Å². The van der Waals surface area contributed by atoms with E-state index in [9.17, 15) is 4.79 Å². The summed E-state index contributed by atoms with van der Waals surface area (Å²) >= 11 is 0. The third-order valence-corrected chi connectivity index (χ3v) is 2.19. The van der Waals surface area contributed by atoms with Crippen LogP contribution in [0.25, 0.3) is 0 Å². The van der Waals surface area contributed by atoms with Crippen LogP contribution in [0, 0.1) is 0 Å². The molecule has 18 heavy (non-hydrogen) atoms. The van der Waals surface area contributed by atoms with Gasteiger partial charge in [-0.15, -0.1) is 0 Å². The highest BCUT2D eigenvalue weighted by atomic mass is 16.5. The molecule has 1 unspecified atom stereocenters. The summed E-state index contributed by atoms with van der Waals surface area (Å²) in [4.78, 5) is 11.2. The second kappa shape index (κ2) is 8.45. The molecular formula is C13H28N2O3. The maximum Gasteiger partial charge on any atom is 0.234 e. The van der Waals surface area contributed by atoms with Gasteiger partial charge >= 0.3 is 0 Å². The normalized spacial score (nSPS) is 13.9. The van der Waals surface area contributed by atoms with Crippen molar-refractivity contribution in [3.63, 3.8) is 0 Å². The minimum Gasteiger partial charge on any atom is -0.379 e. The first-order valence-electron chi connectivity index (χ1n) is 6.49.